The number of nitro benzene ring substituents is 1. The molecule has 0 radical (unpaired) electrons. The van der Waals surface area contributed by atoms with E-state index in [1.165, 1.54) is 24.3 Å². The maximum Gasteiger partial charge on any atom is 0.273 e. The second-order valence-corrected chi connectivity index (χ2v) is 7.77. The van der Waals surface area contributed by atoms with E-state index in [4.69, 9.17) is 0 Å². The van der Waals surface area contributed by atoms with Crippen molar-refractivity contribution < 1.29 is 18.9 Å². The van der Waals surface area contributed by atoms with Gasteiger partial charge in [0.25, 0.3) is 11.6 Å². The second-order valence-electron chi connectivity index (χ2n) is 7.77. The first-order chi connectivity index (χ1) is 14.7. The first kappa shape index (κ1) is 22.4. The van der Waals surface area contributed by atoms with Crippen LogP contribution >= 0.6 is 0 Å². The lowest BCUT2D eigenvalue weighted by Crippen LogP contribution is -2.42. The maximum absolute atomic E-state index is 14.2. The van der Waals surface area contributed by atoms with Gasteiger partial charge in [-0.1, -0.05) is 12.5 Å². The van der Waals surface area contributed by atoms with Gasteiger partial charge >= 0.3 is 0 Å². The number of hydrogen-bond acceptors (Lipinski definition) is 5. The highest BCUT2D eigenvalue weighted by Gasteiger charge is 2.21. The fourth-order valence-corrected chi connectivity index (χ4v) is 3.62. The Bertz CT molecular complexity index is 1010. The number of nitro groups is 1. The van der Waals surface area contributed by atoms with Crippen molar-refractivity contribution in [1.82, 2.24) is 4.90 Å². The largest absolute Gasteiger partial charge is 0.325 e. The van der Waals surface area contributed by atoms with E-state index in [9.17, 15) is 24.1 Å². The van der Waals surface area contributed by atoms with Crippen LogP contribution in [0, 0.1) is 22.9 Å². The SMILES string of the molecule is Cc1ccc(C(=O)Nc2cc(NC(=O)CN3CCCCC3C)ccc2F)cc1[N+](=O)[O-]. The highest BCUT2D eigenvalue weighted by molar-refractivity contribution is 6.05. The number of anilines is 2. The minimum atomic E-state index is -0.687. The molecule has 1 saturated heterocycles. The second kappa shape index (κ2) is 9.65. The fourth-order valence-electron chi connectivity index (χ4n) is 3.62. The number of halogens is 1. The van der Waals surface area contributed by atoms with Crippen LogP contribution in [0.4, 0.5) is 21.5 Å². The molecule has 3 rings (SSSR count). The Morgan fingerprint density at radius 1 is 1.19 bits per heavy atom. The monoisotopic (exact) mass is 428 g/mol. The normalized spacial score (nSPS) is 16.5. The van der Waals surface area contributed by atoms with Crippen LogP contribution in [0.3, 0.4) is 0 Å². The van der Waals surface area contributed by atoms with E-state index in [2.05, 4.69) is 22.5 Å². The molecule has 0 spiro atoms. The molecule has 2 aromatic carbocycles. The zero-order chi connectivity index (χ0) is 22.5. The predicted octanol–water partition coefficient (Wildman–Crippen LogP) is 4.11. The molecule has 1 aliphatic rings. The average Bonchev–Trinajstić information content (AvgIpc) is 2.72. The van der Waals surface area contributed by atoms with Gasteiger partial charge in [-0.15, -0.1) is 0 Å². The van der Waals surface area contributed by atoms with E-state index < -0.39 is 16.6 Å². The van der Waals surface area contributed by atoms with Gasteiger partial charge in [-0.3, -0.25) is 24.6 Å². The summed E-state index contributed by atoms with van der Waals surface area (Å²) >= 11 is 0. The van der Waals surface area contributed by atoms with Gasteiger partial charge in [-0.05, 0) is 57.5 Å². The molecule has 8 nitrogen and oxygen atoms in total. The molecular formula is C22H25FN4O4. The quantitative estimate of drug-likeness (QED) is 0.532. The van der Waals surface area contributed by atoms with Crippen molar-refractivity contribution in [2.24, 2.45) is 0 Å². The highest BCUT2D eigenvalue weighted by atomic mass is 19.1. The number of carbonyl (C=O) groups excluding carboxylic acids is 2. The van der Waals surface area contributed by atoms with Crippen LogP contribution in [0.5, 0.6) is 0 Å². The lowest BCUT2D eigenvalue weighted by molar-refractivity contribution is -0.385. The summed E-state index contributed by atoms with van der Waals surface area (Å²) in [6.45, 7) is 4.76. The molecular weight excluding hydrogens is 403 g/mol. The van der Waals surface area contributed by atoms with Crippen LogP contribution in [0.1, 0.15) is 42.1 Å². The summed E-state index contributed by atoms with van der Waals surface area (Å²) in [6, 6.07) is 8.26. The van der Waals surface area contributed by atoms with Gasteiger partial charge in [0.15, 0.2) is 0 Å². The van der Waals surface area contributed by atoms with Crippen LogP contribution in [-0.4, -0.2) is 40.8 Å². The molecule has 0 saturated carbocycles. The van der Waals surface area contributed by atoms with E-state index in [1.54, 1.807) is 6.92 Å². The van der Waals surface area contributed by atoms with E-state index in [0.29, 0.717) is 17.3 Å². The summed E-state index contributed by atoms with van der Waals surface area (Å²) in [4.78, 5) is 37.5. The van der Waals surface area contributed by atoms with Crippen LogP contribution in [0.2, 0.25) is 0 Å². The van der Waals surface area contributed by atoms with Crippen LogP contribution in [0.25, 0.3) is 0 Å². The Kier molecular flexibility index (Phi) is 6.96. The van der Waals surface area contributed by atoms with E-state index in [0.717, 1.165) is 37.9 Å². The van der Waals surface area contributed by atoms with Gasteiger partial charge in [-0.25, -0.2) is 4.39 Å². The van der Waals surface area contributed by atoms with E-state index in [-0.39, 0.29) is 29.4 Å². The zero-order valence-electron chi connectivity index (χ0n) is 17.5. The summed E-state index contributed by atoms with van der Waals surface area (Å²) in [5.74, 6) is -1.59. The molecule has 2 N–H and O–H groups in total. The molecule has 2 aromatic rings. The van der Waals surface area contributed by atoms with Gasteiger partial charge < -0.3 is 10.6 Å². The standard InChI is InChI=1S/C22H25FN4O4/c1-14-6-7-16(11-20(14)27(30)31)22(29)25-19-12-17(8-9-18(19)23)24-21(28)13-26-10-4-3-5-15(26)2/h6-9,11-12,15H,3-5,10,13H2,1-2H3,(H,24,28)(H,25,29). The smallest absolute Gasteiger partial charge is 0.273 e. The van der Waals surface area contributed by atoms with Crippen molar-refractivity contribution in [2.75, 3.05) is 23.7 Å². The summed E-state index contributed by atoms with van der Waals surface area (Å²) < 4.78 is 14.2. The first-order valence-electron chi connectivity index (χ1n) is 10.1. The van der Waals surface area contributed by atoms with Crippen LogP contribution < -0.4 is 10.6 Å². The van der Waals surface area contributed by atoms with Gasteiger partial charge in [0.2, 0.25) is 5.91 Å². The number of amides is 2. The molecule has 1 aliphatic heterocycles. The molecule has 0 bridgehead atoms. The van der Waals surface area contributed by atoms with Crippen molar-refractivity contribution in [3.63, 3.8) is 0 Å². The predicted molar refractivity (Wildman–Crippen MR) is 116 cm³/mol. The van der Waals surface area contributed by atoms with Crippen molar-refractivity contribution in [3.8, 4) is 0 Å². The van der Waals surface area contributed by atoms with Crippen LogP contribution in [-0.2, 0) is 4.79 Å². The Morgan fingerprint density at radius 2 is 1.97 bits per heavy atom. The number of piperidine rings is 1. The topological polar surface area (TPSA) is 105 Å². The number of aryl methyl sites for hydroxylation is 1. The van der Waals surface area contributed by atoms with Gasteiger partial charge in [-0.2, -0.15) is 0 Å². The van der Waals surface area contributed by atoms with Crippen molar-refractivity contribution in [3.05, 3.63) is 63.5 Å². The molecule has 1 fully saturated rings. The lowest BCUT2D eigenvalue weighted by Gasteiger charge is -2.32. The highest BCUT2D eigenvalue weighted by Crippen LogP contribution is 2.23. The Hall–Kier alpha value is -3.33. The Labute approximate surface area is 179 Å². The molecule has 1 heterocycles. The summed E-state index contributed by atoms with van der Waals surface area (Å²) in [5.41, 5.74) is 0.477. The van der Waals surface area contributed by atoms with E-state index in [1.807, 2.05) is 0 Å². The fraction of sp³-hybridized carbons (Fsp3) is 0.364. The third-order valence-corrected chi connectivity index (χ3v) is 5.45. The molecule has 164 valence electrons. The minimum Gasteiger partial charge on any atom is -0.325 e. The molecule has 9 heteroatoms. The van der Waals surface area contributed by atoms with Gasteiger partial charge in [0, 0.05) is 28.9 Å². The minimum absolute atomic E-state index is 0.0326. The summed E-state index contributed by atoms with van der Waals surface area (Å²) in [5, 5.41) is 16.2. The number of carbonyl (C=O) groups is 2. The van der Waals surface area contributed by atoms with Crippen molar-refractivity contribution in [1.29, 1.82) is 0 Å². The number of hydrogen-bond donors (Lipinski definition) is 2. The van der Waals surface area contributed by atoms with Gasteiger partial charge in [0.1, 0.15) is 5.82 Å². The molecule has 1 atom stereocenters. The number of likely N-dealkylation sites (tertiary alicyclic amines) is 1. The zero-order valence-corrected chi connectivity index (χ0v) is 17.5. The Balaban J connectivity index is 1.69. The number of benzene rings is 2. The van der Waals surface area contributed by atoms with E-state index >= 15 is 0 Å². The summed E-state index contributed by atoms with van der Waals surface area (Å²) in [7, 11) is 0. The molecule has 0 aromatic heterocycles. The maximum atomic E-state index is 14.2. The van der Waals surface area contributed by atoms with Crippen molar-refractivity contribution in [2.45, 2.75) is 39.2 Å². The average molecular weight is 428 g/mol. The third-order valence-electron chi connectivity index (χ3n) is 5.45. The Morgan fingerprint density at radius 3 is 2.68 bits per heavy atom. The first-order valence-corrected chi connectivity index (χ1v) is 10.1. The molecule has 2 amide bonds. The number of nitrogens with one attached hydrogen (secondary N) is 2. The van der Waals surface area contributed by atoms with Crippen molar-refractivity contribution >= 4 is 28.9 Å². The lowest BCUT2D eigenvalue weighted by atomic mass is 10.0. The molecule has 0 aliphatic carbocycles. The third kappa shape index (κ3) is 5.64. The number of rotatable bonds is 6. The van der Waals surface area contributed by atoms with Crippen LogP contribution in [0.15, 0.2) is 36.4 Å². The molecule has 1 unspecified atom stereocenters. The number of nitrogens with zero attached hydrogens (tertiary/aromatic N) is 2. The summed E-state index contributed by atoms with van der Waals surface area (Å²) in [6.07, 6.45) is 3.27. The van der Waals surface area contributed by atoms with Gasteiger partial charge in [0.05, 0.1) is 17.2 Å². The molecule has 31 heavy (non-hydrogen) atoms.